The van der Waals surface area contributed by atoms with Crippen LogP contribution < -0.4 is 9.47 Å². The van der Waals surface area contributed by atoms with E-state index >= 15 is 0 Å². The van der Waals surface area contributed by atoms with Gasteiger partial charge in [0.2, 0.25) is 5.78 Å². The van der Waals surface area contributed by atoms with Gasteiger partial charge in [0.05, 0.1) is 15.6 Å². The number of allylic oxidation sites excluding steroid dienone is 1. The van der Waals surface area contributed by atoms with Gasteiger partial charge in [-0.15, -0.1) is 11.3 Å². The highest BCUT2D eigenvalue weighted by atomic mass is 35.5. The van der Waals surface area contributed by atoms with Gasteiger partial charge in [-0.1, -0.05) is 35.3 Å². The second kappa shape index (κ2) is 7.75. The monoisotopic (exact) mass is 457 g/mol. The minimum atomic E-state index is -0.141. The molecule has 0 saturated heterocycles. The van der Waals surface area contributed by atoms with Crippen LogP contribution in [0.3, 0.4) is 0 Å². The zero-order valence-electron chi connectivity index (χ0n) is 16.1. The Morgan fingerprint density at radius 3 is 2.80 bits per heavy atom. The van der Waals surface area contributed by atoms with E-state index in [2.05, 4.69) is 16.3 Å². The minimum absolute atomic E-state index is 0.141. The van der Waals surface area contributed by atoms with Crippen LogP contribution in [0.1, 0.15) is 31.9 Å². The first kappa shape index (κ1) is 19.6. The average Bonchev–Trinajstić information content (AvgIpc) is 3.34. The largest absolute Gasteiger partial charge is 0.477 e. The second-order valence-electron chi connectivity index (χ2n) is 7.32. The van der Waals surface area contributed by atoms with Gasteiger partial charge in [-0.25, -0.2) is 0 Å². The van der Waals surface area contributed by atoms with E-state index in [1.54, 1.807) is 35.6 Å². The summed E-state index contributed by atoms with van der Waals surface area (Å²) in [4.78, 5) is 16.5. The molecule has 2 aromatic carbocycles. The van der Waals surface area contributed by atoms with Crippen LogP contribution in [0.4, 0.5) is 0 Å². The zero-order chi connectivity index (χ0) is 20.8. The van der Waals surface area contributed by atoms with Crippen molar-refractivity contribution in [1.82, 2.24) is 4.90 Å². The lowest BCUT2D eigenvalue weighted by atomic mass is 10.00. The lowest BCUT2D eigenvalue weighted by Gasteiger charge is -2.30. The van der Waals surface area contributed by atoms with Gasteiger partial charge < -0.3 is 9.47 Å². The first-order valence-electron chi connectivity index (χ1n) is 9.43. The van der Waals surface area contributed by atoms with E-state index in [1.807, 2.05) is 19.1 Å². The van der Waals surface area contributed by atoms with Gasteiger partial charge in [-0.05, 0) is 48.2 Å². The maximum Gasteiger partial charge on any atom is 0.231 e. The number of Topliss-reactive ketones (excluding diaryl/α,β-unsaturated/α-hetero) is 1. The maximum absolute atomic E-state index is 13.0. The molecular formula is C23H17Cl2NO3S. The zero-order valence-corrected chi connectivity index (χ0v) is 18.4. The number of ketones is 1. The number of rotatable bonds is 3. The van der Waals surface area contributed by atoms with Crippen LogP contribution in [0, 0.1) is 6.92 Å². The summed E-state index contributed by atoms with van der Waals surface area (Å²) in [6.45, 7) is 3.98. The van der Waals surface area contributed by atoms with Crippen molar-refractivity contribution in [1.29, 1.82) is 0 Å². The standard InChI is InChI=1S/C23H17Cl2NO3S/c1-13-22-15(10-26(12-28-22)11-16-3-2-6-30-16)9-17-21(27)20(29-23(13)17)8-14-4-5-18(24)19(25)7-14/h2-9H,10-12H2,1H3/b20-8-. The quantitative estimate of drug-likeness (QED) is 0.430. The molecule has 5 rings (SSSR count). The molecule has 0 amide bonds. The van der Waals surface area contributed by atoms with Crippen LogP contribution in [0.5, 0.6) is 11.5 Å². The first-order chi connectivity index (χ1) is 14.5. The molecule has 0 bridgehead atoms. The number of thiophene rings is 1. The fourth-order valence-electron chi connectivity index (χ4n) is 3.77. The Kier molecular flexibility index (Phi) is 5.07. The number of carbonyl (C=O) groups excluding carboxylic acids is 1. The van der Waals surface area contributed by atoms with Crippen LogP contribution in [0.2, 0.25) is 10.0 Å². The molecule has 0 saturated carbocycles. The molecule has 0 unspecified atom stereocenters. The summed E-state index contributed by atoms with van der Waals surface area (Å²) in [7, 11) is 0. The molecule has 0 aliphatic carbocycles. The molecule has 0 N–H and O–H groups in total. The number of halogens is 2. The van der Waals surface area contributed by atoms with Crippen molar-refractivity contribution >= 4 is 46.4 Å². The van der Waals surface area contributed by atoms with Gasteiger partial charge in [0.15, 0.2) is 5.76 Å². The van der Waals surface area contributed by atoms with Gasteiger partial charge in [0.1, 0.15) is 18.2 Å². The Morgan fingerprint density at radius 2 is 2.03 bits per heavy atom. The number of ether oxygens (including phenoxy) is 2. The molecule has 2 aliphatic heterocycles. The van der Waals surface area contributed by atoms with Crippen molar-refractivity contribution in [2.75, 3.05) is 6.73 Å². The summed E-state index contributed by atoms with van der Waals surface area (Å²) in [5.41, 5.74) is 3.17. The normalized spacial score (nSPS) is 16.9. The van der Waals surface area contributed by atoms with Crippen LogP contribution in [0.15, 0.2) is 47.5 Å². The average molecular weight is 458 g/mol. The van der Waals surface area contributed by atoms with Crippen molar-refractivity contribution in [3.05, 3.63) is 84.7 Å². The molecule has 0 atom stereocenters. The number of benzene rings is 2. The fourth-order valence-corrected chi connectivity index (χ4v) is 4.83. The molecule has 3 aromatic rings. The molecule has 0 fully saturated rings. The summed E-state index contributed by atoms with van der Waals surface area (Å²) < 4.78 is 12.0. The van der Waals surface area contributed by atoms with Crippen molar-refractivity contribution in [3.63, 3.8) is 0 Å². The van der Waals surface area contributed by atoms with E-state index < -0.39 is 0 Å². The molecule has 3 heterocycles. The second-order valence-corrected chi connectivity index (χ2v) is 9.17. The number of carbonyl (C=O) groups is 1. The molecule has 30 heavy (non-hydrogen) atoms. The highest BCUT2D eigenvalue weighted by Gasteiger charge is 2.33. The van der Waals surface area contributed by atoms with E-state index in [0.29, 0.717) is 28.1 Å². The highest BCUT2D eigenvalue weighted by molar-refractivity contribution is 7.09. The molecule has 0 spiro atoms. The van der Waals surface area contributed by atoms with Crippen LogP contribution in [-0.4, -0.2) is 17.4 Å². The summed E-state index contributed by atoms with van der Waals surface area (Å²) in [6.07, 6.45) is 1.69. The van der Waals surface area contributed by atoms with E-state index in [9.17, 15) is 4.79 Å². The Hall–Kier alpha value is -2.31. The summed E-state index contributed by atoms with van der Waals surface area (Å²) >= 11 is 13.8. The smallest absolute Gasteiger partial charge is 0.231 e. The van der Waals surface area contributed by atoms with Crippen molar-refractivity contribution < 1.29 is 14.3 Å². The van der Waals surface area contributed by atoms with E-state index in [-0.39, 0.29) is 11.5 Å². The molecule has 2 aliphatic rings. The molecule has 4 nitrogen and oxygen atoms in total. The van der Waals surface area contributed by atoms with Gasteiger partial charge in [0.25, 0.3) is 0 Å². The molecule has 1 aromatic heterocycles. The Labute approximate surface area is 188 Å². The first-order valence-corrected chi connectivity index (χ1v) is 11.1. The van der Waals surface area contributed by atoms with Gasteiger partial charge in [0, 0.05) is 29.1 Å². The number of fused-ring (bicyclic) bond motifs is 2. The Morgan fingerprint density at radius 1 is 1.17 bits per heavy atom. The molecular weight excluding hydrogens is 441 g/mol. The van der Waals surface area contributed by atoms with Crippen LogP contribution >= 0.6 is 34.5 Å². The number of hydrogen-bond donors (Lipinski definition) is 0. The third kappa shape index (κ3) is 3.52. The molecule has 7 heteroatoms. The van der Waals surface area contributed by atoms with E-state index in [4.69, 9.17) is 32.7 Å². The minimum Gasteiger partial charge on any atom is -0.477 e. The predicted molar refractivity (Wildman–Crippen MR) is 120 cm³/mol. The molecule has 0 radical (unpaired) electrons. The number of nitrogens with zero attached hydrogens (tertiary/aromatic N) is 1. The van der Waals surface area contributed by atoms with Gasteiger partial charge in [-0.3, -0.25) is 9.69 Å². The summed E-state index contributed by atoms with van der Waals surface area (Å²) in [5, 5.41) is 2.97. The van der Waals surface area contributed by atoms with Crippen LogP contribution in [0.25, 0.3) is 6.08 Å². The van der Waals surface area contributed by atoms with Crippen molar-refractivity contribution in [3.8, 4) is 11.5 Å². The topological polar surface area (TPSA) is 38.8 Å². The fraction of sp³-hybridized carbons (Fsp3) is 0.174. The molecule has 152 valence electrons. The Balaban J connectivity index is 1.44. The predicted octanol–water partition coefficient (Wildman–Crippen LogP) is 6.33. The van der Waals surface area contributed by atoms with Gasteiger partial charge in [-0.2, -0.15) is 0 Å². The summed E-state index contributed by atoms with van der Waals surface area (Å²) in [6, 6.07) is 11.3. The van der Waals surface area contributed by atoms with E-state index in [0.717, 1.165) is 35.5 Å². The lowest BCUT2D eigenvalue weighted by Crippen LogP contribution is -2.31. The van der Waals surface area contributed by atoms with Gasteiger partial charge >= 0.3 is 0 Å². The third-order valence-electron chi connectivity index (χ3n) is 5.20. The van der Waals surface area contributed by atoms with E-state index in [1.165, 1.54) is 4.88 Å². The van der Waals surface area contributed by atoms with Crippen molar-refractivity contribution in [2.24, 2.45) is 0 Å². The number of hydrogen-bond acceptors (Lipinski definition) is 5. The highest BCUT2D eigenvalue weighted by Crippen LogP contribution is 2.43. The third-order valence-corrected chi connectivity index (χ3v) is 6.80. The van der Waals surface area contributed by atoms with Crippen LogP contribution in [-0.2, 0) is 13.1 Å². The SMILES string of the molecule is Cc1c2c(cc3c1O/C(=C\c1ccc(Cl)c(Cl)c1)C3=O)CN(Cc1cccs1)CO2. The lowest BCUT2D eigenvalue weighted by molar-refractivity contribution is 0.0886. The summed E-state index contributed by atoms with van der Waals surface area (Å²) in [5.74, 6) is 1.50. The maximum atomic E-state index is 13.0. The van der Waals surface area contributed by atoms with Crippen molar-refractivity contribution in [2.45, 2.75) is 20.0 Å². The Bertz CT molecular complexity index is 1190.